The van der Waals surface area contributed by atoms with E-state index in [9.17, 15) is 9.18 Å². The molecule has 0 radical (unpaired) electrons. The van der Waals surface area contributed by atoms with Gasteiger partial charge in [-0.3, -0.25) is 4.79 Å². The Hall–Kier alpha value is -2.42. The Morgan fingerprint density at radius 1 is 0.947 bits per heavy atom. The third-order valence-corrected chi connectivity index (χ3v) is 3.15. The highest BCUT2D eigenvalue weighted by Crippen LogP contribution is 2.33. The van der Waals surface area contributed by atoms with Gasteiger partial charge in [0.25, 0.3) is 0 Å². The maximum absolute atomic E-state index is 14.0. The minimum atomic E-state index is -0.280. The Morgan fingerprint density at radius 3 is 2.42 bits per heavy atom. The summed E-state index contributed by atoms with van der Waals surface area (Å²) in [6.45, 7) is 0. The summed E-state index contributed by atoms with van der Waals surface area (Å²) in [6, 6.07) is 14.1. The maximum Gasteiger partial charge on any atom is 0.228 e. The van der Waals surface area contributed by atoms with Crippen molar-refractivity contribution in [2.24, 2.45) is 0 Å². The Labute approximate surface area is 110 Å². The molecule has 2 aromatic carbocycles. The first-order valence-electron chi connectivity index (χ1n) is 6.10. The van der Waals surface area contributed by atoms with Crippen LogP contribution in [-0.4, -0.2) is 5.91 Å². The van der Waals surface area contributed by atoms with Crippen molar-refractivity contribution in [2.75, 3.05) is 5.32 Å². The molecule has 0 fully saturated rings. The van der Waals surface area contributed by atoms with Crippen LogP contribution in [0.3, 0.4) is 0 Å². The summed E-state index contributed by atoms with van der Waals surface area (Å²) in [5.74, 6) is -0.364. The van der Waals surface area contributed by atoms with Gasteiger partial charge in [0.15, 0.2) is 0 Å². The molecule has 2 nitrogen and oxygen atoms in total. The fraction of sp³-hybridized carbons (Fsp3) is 0.0625. The van der Waals surface area contributed by atoms with Gasteiger partial charge in [0, 0.05) is 23.2 Å². The van der Waals surface area contributed by atoms with Gasteiger partial charge in [0.1, 0.15) is 5.82 Å². The molecule has 94 valence electrons. The molecule has 2 aromatic rings. The molecule has 0 aliphatic carbocycles. The second kappa shape index (κ2) is 4.69. The van der Waals surface area contributed by atoms with Crippen molar-refractivity contribution in [3.8, 4) is 0 Å². The SMILES string of the molecule is O=C1CC=C(c2ccccc2F)c2ccccc2N1. The van der Waals surface area contributed by atoms with Crippen molar-refractivity contribution in [3.63, 3.8) is 0 Å². The van der Waals surface area contributed by atoms with Gasteiger partial charge in [-0.25, -0.2) is 4.39 Å². The van der Waals surface area contributed by atoms with E-state index >= 15 is 0 Å². The molecule has 1 aliphatic heterocycles. The summed E-state index contributed by atoms with van der Waals surface area (Å²) in [6.07, 6.45) is 2.03. The minimum Gasteiger partial charge on any atom is -0.325 e. The Bertz CT molecular complexity index is 676. The van der Waals surface area contributed by atoms with Crippen LogP contribution in [0.2, 0.25) is 0 Å². The van der Waals surface area contributed by atoms with Gasteiger partial charge in [0.2, 0.25) is 5.91 Å². The van der Waals surface area contributed by atoms with E-state index in [4.69, 9.17) is 0 Å². The molecule has 1 aliphatic rings. The van der Waals surface area contributed by atoms with Crippen LogP contribution in [0.5, 0.6) is 0 Å². The monoisotopic (exact) mass is 253 g/mol. The third-order valence-electron chi connectivity index (χ3n) is 3.15. The lowest BCUT2D eigenvalue weighted by molar-refractivity contribution is -0.115. The Morgan fingerprint density at radius 2 is 1.63 bits per heavy atom. The first kappa shape index (κ1) is 11.7. The van der Waals surface area contributed by atoms with E-state index < -0.39 is 0 Å². The standard InChI is InChI=1S/C16H12FNO/c17-14-7-3-1-5-12(14)11-9-10-16(19)18-15-8-4-2-6-13(11)15/h1-9H,10H2,(H,18,19). The number of para-hydroxylation sites is 1. The number of carbonyl (C=O) groups excluding carboxylic acids is 1. The van der Waals surface area contributed by atoms with Crippen LogP contribution in [0.15, 0.2) is 54.6 Å². The van der Waals surface area contributed by atoms with E-state index in [2.05, 4.69) is 5.32 Å². The van der Waals surface area contributed by atoms with E-state index in [0.717, 1.165) is 16.8 Å². The largest absolute Gasteiger partial charge is 0.325 e. The Kier molecular flexibility index (Phi) is 2.88. The molecule has 19 heavy (non-hydrogen) atoms. The number of benzene rings is 2. The van der Waals surface area contributed by atoms with Crippen molar-refractivity contribution in [1.82, 2.24) is 0 Å². The average Bonchev–Trinajstić information content (AvgIpc) is 2.58. The number of carbonyl (C=O) groups is 1. The molecule has 1 amide bonds. The number of halogens is 1. The van der Waals surface area contributed by atoms with E-state index in [1.807, 2.05) is 24.3 Å². The number of anilines is 1. The summed E-state index contributed by atoms with van der Waals surface area (Å²) >= 11 is 0. The summed E-state index contributed by atoms with van der Waals surface area (Å²) < 4.78 is 14.0. The minimum absolute atomic E-state index is 0.0845. The highest BCUT2D eigenvalue weighted by molar-refractivity contribution is 6.00. The van der Waals surface area contributed by atoms with Crippen LogP contribution in [0.4, 0.5) is 10.1 Å². The predicted molar refractivity (Wildman–Crippen MR) is 73.2 cm³/mol. The van der Waals surface area contributed by atoms with Crippen molar-refractivity contribution in [3.05, 3.63) is 71.6 Å². The molecule has 0 aromatic heterocycles. The number of hydrogen-bond donors (Lipinski definition) is 1. The van der Waals surface area contributed by atoms with Gasteiger partial charge in [-0.1, -0.05) is 42.5 Å². The smallest absolute Gasteiger partial charge is 0.228 e. The molecule has 0 saturated carbocycles. The molecule has 0 saturated heterocycles. The second-order valence-electron chi connectivity index (χ2n) is 4.40. The van der Waals surface area contributed by atoms with E-state index in [1.54, 1.807) is 24.3 Å². The van der Waals surface area contributed by atoms with Crippen LogP contribution in [-0.2, 0) is 4.79 Å². The van der Waals surface area contributed by atoms with Gasteiger partial charge >= 0.3 is 0 Å². The maximum atomic E-state index is 14.0. The zero-order valence-corrected chi connectivity index (χ0v) is 10.2. The fourth-order valence-corrected chi connectivity index (χ4v) is 2.27. The van der Waals surface area contributed by atoms with E-state index in [-0.39, 0.29) is 18.1 Å². The van der Waals surface area contributed by atoms with Crippen LogP contribution >= 0.6 is 0 Å². The molecule has 0 bridgehead atoms. The van der Waals surface area contributed by atoms with Gasteiger partial charge in [-0.15, -0.1) is 0 Å². The molecule has 0 atom stereocenters. The predicted octanol–water partition coefficient (Wildman–Crippen LogP) is 3.60. The molecule has 1 heterocycles. The second-order valence-corrected chi connectivity index (χ2v) is 4.40. The number of nitrogens with one attached hydrogen (secondary N) is 1. The summed E-state index contributed by atoms with van der Waals surface area (Å²) in [7, 11) is 0. The zero-order valence-electron chi connectivity index (χ0n) is 10.2. The summed E-state index contributed by atoms with van der Waals surface area (Å²) in [5, 5.41) is 2.83. The molecule has 3 rings (SSSR count). The fourth-order valence-electron chi connectivity index (χ4n) is 2.27. The molecule has 0 unspecified atom stereocenters. The molecular formula is C16H12FNO. The van der Waals surface area contributed by atoms with Crippen LogP contribution in [0.25, 0.3) is 5.57 Å². The van der Waals surface area contributed by atoms with E-state index in [1.165, 1.54) is 6.07 Å². The number of amides is 1. The number of rotatable bonds is 1. The first-order chi connectivity index (χ1) is 9.25. The zero-order chi connectivity index (χ0) is 13.2. The topological polar surface area (TPSA) is 29.1 Å². The van der Waals surface area contributed by atoms with Gasteiger partial charge in [-0.2, -0.15) is 0 Å². The van der Waals surface area contributed by atoms with E-state index in [0.29, 0.717) is 5.56 Å². The van der Waals surface area contributed by atoms with Crippen molar-refractivity contribution in [2.45, 2.75) is 6.42 Å². The van der Waals surface area contributed by atoms with Crippen LogP contribution in [0, 0.1) is 5.82 Å². The lowest BCUT2D eigenvalue weighted by atomic mass is 9.96. The normalized spacial score (nSPS) is 14.2. The lowest BCUT2D eigenvalue weighted by Gasteiger charge is -2.11. The highest BCUT2D eigenvalue weighted by Gasteiger charge is 2.17. The molecule has 0 spiro atoms. The average molecular weight is 253 g/mol. The quantitative estimate of drug-likeness (QED) is 0.826. The number of fused-ring (bicyclic) bond motifs is 1. The summed E-state index contributed by atoms with van der Waals surface area (Å²) in [4.78, 5) is 11.7. The van der Waals surface area contributed by atoms with Gasteiger partial charge < -0.3 is 5.32 Å². The molecule has 3 heteroatoms. The van der Waals surface area contributed by atoms with Crippen LogP contribution in [0.1, 0.15) is 17.5 Å². The lowest BCUT2D eigenvalue weighted by Crippen LogP contribution is -2.09. The van der Waals surface area contributed by atoms with Crippen molar-refractivity contribution < 1.29 is 9.18 Å². The van der Waals surface area contributed by atoms with Gasteiger partial charge in [0.05, 0.1) is 0 Å². The molecule has 1 N–H and O–H groups in total. The number of hydrogen-bond acceptors (Lipinski definition) is 1. The first-order valence-corrected chi connectivity index (χ1v) is 6.10. The molecular weight excluding hydrogens is 241 g/mol. The summed E-state index contributed by atoms with van der Waals surface area (Å²) in [5.41, 5.74) is 2.84. The Balaban J connectivity index is 2.21. The third kappa shape index (κ3) is 2.15. The van der Waals surface area contributed by atoms with Crippen molar-refractivity contribution >= 4 is 17.2 Å². The van der Waals surface area contributed by atoms with Crippen molar-refractivity contribution in [1.29, 1.82) is 0 Å². The van der Waals surface area contributed by atoms with Gasteiger partial charge in [-0.05, 0) is 17.7 Å². The highest BCUT2D eigenvalue weighted by atomic mass is 19.1. The van der Waals surface area contributed by atoms with Crippen LogP contribution < -0.4 is 5.32 Å².